The molecule has 0 aliphatic carbocycles. The number of carboxylic acids is 1. The second-order valence-electron chi connectivity index (χ2n) is 8.83. The van der Waals surface area contributed by atoms with Crippen LogP contribution in [0.2, 0.25) is 5.02 Å². The summed E-state index contributed by atoms with van der Waals surface area (Å²) < 4.78 is 56.3. The molecule has 0 saturated carbocycles. The minimum absolute atomic E-state index is 0.0115. The topological polar surface area (TPSA) is 78.7 Å². The Morgan fingerprint density at radius 3 is 2.65 bits per heavy atom. The molecule has 12 heteroatoms. The summed E-state index contributed by atoms with van der Waals surface area (Å²) in [5, 5.41) is 13.2. The molecule has 1 unspecified atom stereocenters. The van der Waals surface area contributed by atoms with Crippen LogP contribution in [0.25, 0.3) is 0 Å². The fraction of sp³-hybridized carbons (Fsp3) is 0.500. The molecule has 2 atom stereocenters. The lowest BCUT2D eigenvalue weighted by Gasteiger charge is -2.29. The van der Waals surface area contributed by atoms with Crippen LogP contribution >= 0.6 is 11.6 Å². The number of carboxylic acid groups (broad SMARTS) is 1. The van der Waals surface area contributed by atoms with Gasteiger partial charge in [-0.1, -0.05) is 17.7 Å². The molecule has 0 radical (unpaired) electrons. The fourth-order valence-electron chi connectivity index (χ4n) is 4.78. The lowest BCUT2D eigenvalue weighted by molar-refractivity contribution is -0.143. The second-order valence-corrected chi connectivity index (χ2v) is 9.27. The zero-order valence-electron chi connectivity index (χ0n) is 18.3. The van der Waals surface area contributed by atoms with E-state index in [1.807, 2.05) is 0 Å². The molecule has 0 spiro atoms. The zero-order valence-corrected chi connectivity index (χ0v) is 19.0. The smallest absolute Gasteiger partial charge is 0.435 e. The fourth-order valence-corrected chi connectivity index (χ4v) is 4.94. The summed E-state index contributed by atoms with van der Waals surface area (Å²) in [6.45, 7) is 0.225. The number of nitrogens with zero attached hydrogens (tertiary/aromatic N) is 4. The number of carbonyl (C=O) groups is 2. The summed E-state index contributed by atoms with van der Waals surface area (Å²) in [4.78, 5) is 27.4. The van der Waals surface area contributed by atoms with Crippen molar-refractivity contribution in [1.29, 1.82) is 0 Å². The number of alkyl halides is 3. The molecule has 1 aromatic carbocycles. The van der Waals surface area contributed by atoms with Gasteiger partial charge in [0.25, 0.3) is 0 Å². The Morgan fingerprint density at radius 1 is 1.29 bits per heavy atom. The van der Waals surface area contributed by atoms with Gasteiger partial charge in [-0.05, 0) is 37.9 Å². The Balaban J connectivity index is 1.55. The normalized spacial score (nSPS) is 21.1. The lowest BCUT2D eigenvalue weighted by atomic mass is 9.99. The molecule has 34 heavy (non-hydrogen) atoms. The highest BCUT2D eigenvalue weighted by Crippen LogP contribution is 2.36. The van der Waals surface area contributed by atoms with Crippen LogP contribution < -0.4 is 0 Å². The summed E-state index contributed by atoms with van der Waals surface area (Å²) in [6, 6.07) is 3.26. The van der Waals surface area contributed by atoms with E-state index in [9.17, 15) is 32.3 Å². The zero-order chi connectivity index (χ0) is 24.8. The van der Waals surface area contributed by atoms with Crippen molar-refractivity contribution in [2.24, 2.45) is 5.92 Å². The minimum Gasteiger partial charge on any atom is -0.480 e. The van der Waals surface area contributed by atoms with Crippen molar-refractivity contribution in [3.8, 4) is 0 Å². The largest absolute Gasteiger partial charge is 0.480 e. The van der Waals surface area contributed by atoms with Crippen LogP contribution in [0.4, 0.5) is 17.6 Å². The van der Waals surface area contributed by atoms with Crippen LogP contribution in [0, 0.1) is 11.7 Å². The van der Waals surface area contributed by atoms with Crippen molar-refractivity contribution < 1.29 is 32.3 Å². The summed E-state index contributed by atoms with van der Waals surface area (Å²) in [6.07, 6.45) is -4.26. The number of carbonyl (C=O) groups excluding carboxylic acids is 1. The Morgan fingerprint density at radius 2 is 2.03 bits per heavy atom. The molecule has 1 aromatic heterocycles. The van der Waals surface area contributed by atoms with Crippen LogP contribution in [-0.2, 0) is 35.3 Å². The molecule has 1 amide bonds. The summed E-state index contributed by atoms with van der Waals surface area (Å²) in [7, 11) is 1.68. The van der Waals surface area contributed by atoms with Crippen molar-refractivity contribution in [2.45, 2.75) is 44.6 Å². The van der Waals surface area contributed by atoms with Gasteiger partial charge >= 0.3 is 12.1 Å². The highest BCUT2D eigenvalue weighted by Gasteiger charge is 2.41. The van der Waals surface area contributed by atoms with E-state index in [1.165, 1.54) is 17.0 Å². The molecule has 2 aliphatic rings. The number of aliphatic carboxylic acids is 1. The number of benzene rings is 1. The van der Waals surface area contributed by atoms with Gasteiger partial charge in [-0.25, -0.2) is 4.39 Å². The third kappa shape index (κ3) is 4.90. The van der Waals surface area contributed by atoms with Crippen molar-refractivity contribution >= 4 is 23.5 Å². The summed E-state index contributed by atoms with van der Waals surface area (Å²) in [5.74, 6) is -2.02. The minimum atomic E-state index is -4.68. The molecule has 4 rings (SSSR count). The molecule has 1 N–H and O–H groups in total. The van der Waals surface area contributed by atoms with E-state index < -0.39 is 29.7 Å². The summed E-state index contributed by atoms with van der Waals surface area (Å²) >= 11 is 5.77. The standard InChI is InChI=1S/C22H23ClF4N4O3/c1-29-9-12(6-17(29)21(33)34)7-19(32)30-5-4-15-18(11-30)31(28-20(15)22(25,26)27)10-13-2-3-14(23)8-16(13)24/h2-3,8,12,17H,4-7,9-11H2,1H3,(H,33,34)/t12?,17-/m0/s1. The molecule has 2 aromatic rings. The number of aromatic nitrogens is 2. The van der Waals surface area contributed by atoms with Gasteiger partial charge in [-0.3, -0.25) is 19.2 Å². The van der Waals surface area contributed by atoms with Crippen LogP contribution in [0.1, 0.15) is 35.4 Å². The molecule has 1 fully saturated rings. The van der Waals surface area contributed by atoms with Crippen LogP contribution in [-0.4, -0.2) is 62.7 Å². The first-order valence-corrected chi connectivity index (χ1v) is 11.1. The van der Waals surface area contributed by atoms with Gasteiger partial charge in [0, 0.05) is 35.7 Å². The maximum atomic E-state index is 14.3. The SMILES string of the molecule is CN1CC(CC(=O)N2CCc3c(C(F)(F)F)nn(Cc4ccc(Cl)cc4F)c3C2)C[C@H]1C(=O)O. The average Bonchev–Trinajstić information content (AvgIpc) is 3.30. The Kier molecular flexibility index (Phi) is 6.61. The number of fused-ring (bicyclic) bond motifs is 1. The number of hydrogen-bond donors (Lipinski definition) is 1. The number of halogens is 5. The molecule has 1 saturated heterocycles. The van der Waals surface area contributed by atoms with Gasteiger partial charge in [0.05, 0.1) is 18.8 Å². The van der Waals surface area contributed by atoms with E-state index >= 15 is 0 Å². The quantitative estimate of drug-likeness (QED) is 0.634. The van der Waals surface area contributed by atoms with Gasteiger partial charge < -0.3 is 10.0 Å². The van der Waals surface area contributed by atoms with E-state index in [-0.39, 0.29) is 66.1 Å². The predicted molar refractivity (Wildman–Crippen MR) is 114 cm³/mol. The van der Waals surface area contributed by atoms with Crippen molar-refractivity contribution in [1.82, 2.24) is 19.6 Å². The first-order chi connectivity index (χ1) is 15.9. The van der Waals surface area contributed by atoms with E-state index in [0.717, 1.165) is 10.7 Å². The summed E-state index contributed by atoms with van der Waals surface area (Å²) in [5.41, 5.74) is -0.669. The van der Waals surface area contributed by atoms with E-state index in [0.29, 0.717) is 13.0 Å². The van der Waals surface area contributed by atoms with Crippen molar-refractivity contribution in [3.05, 3.63) is 51.6 Å². The van der Waals surface area contributed by atoms with Crippen LogP contribution in [0.15, 0.2) is 18.2 Å². The molecule has 7 nitrogen and oxygen atoms in total. The van der Waals surface area contributed by atoms with Gasteiger partial charge in [-0.2, -0.15) is 18.3 Å². The Bertz CT molecular complexity index is 1120. The van der Waals surface area contributed by atoms with E-state index in [2.05, 4.69) is 5.10 Å². The number of likely N-dealkylation sites (N-methyl/N-ethyl adjacent to an activating group) is 1. The maximum Gasteiger partial charge on any atom is 0.435 e. The van der Waals surface area contributed by atoms with Crippen LogP contribution in [0.5, 0.6) is 0 Å². The number of likely N-dealkylation sites (tertiary alicyclic amines) is 1. The van der Waals surface area contributed by atoms with Crippen molar-refractivity contribution in [3.63, 3.8) is 0 Å². The molecular formula is C22H23ClF4N4O3. The second kappa shape index (κ2) is 9.18. The average molecular weight is 503 g/mol. The molecule has 0 bridgehead atoms. The first kappa shape index (κ1) is 24.5. The van der Waals surface area contributed by atoms with Gasteiger partial charge in [-0.15, -0.1) is 0 Å². The Hall–Kier alpha value is -2.66. The highest BCUT2D eigenvalue weighted by molar-refractivity contribution is 6.30. The van der Waals surface area contributed by atoms with Gasteiger partial charge in [0.2, 0.25) is 5.91 Å². The number of rotatable bonds is 5. The van der Waals surface area contributed by atoms with Gasteiger partial charge in [0.15, 0.2) is 5.69 Å². The van der Waals surface area contributed by atoms with Crippen molar-refractivity contribution in [2.75, 3.05) is 20.1 Å². The molecular weight excluding hydrogens is 480 g/mol. The number of amides is 1. The molecule has 184 valence electrons. The van der Waals surface area contributed by atoms with Gasteiger partial charge in [0.1, 0.15) is 11.9 Å². The van der Waals surface area contributed by atoms with Crippen LogP contribution in [0.3, 0.4) is 0 Å². The number of hydrogen-bond acceptors (Lipinski definition) is 4. The highest BCUT2D eigenvalue weighted by atomic mass is 35.5. The lowest BCUT2D eigenvalue weighted by Crippen LogP contribution is -2.38. The Labute approximate surface area is 197 Å². The van der Waals surface area contributed by atoms with E-state index in [1.54, 1.807) is 11.9 Å². The van der Waals surface area contributed by atoms with E-state index in [4.69, 9.17) is 11.6 Å². The maximum absolute atomic E-state index is 14.3. The first-order valence-electron chi connectivity index (χ1n) is 10.7. The predicted octanol–water partition coefficient (Wildman–Crippen LogP) is 3.42. The third-order valence-electron chi connectivity index (χ3n) is 6.48. The molecule has 3 heterocycles. The third-order valence-corrected chi connectivity index (χ3v) is 6.71. The molecule has 2 aliphatic heterocycles. The monoisotopic (exact) mass is 502 g/mol.